The van der Waals surface area contributed by atoms with E-state index in [0.717, 1.165) is 57.7 Å². The van der Waals surface area contributed by atoms with Gasteiger partial charge in [-0.1, -0.05) is 0 Å². The molecule has 3 atom stereocenters. The molecule has 7 heteroatoms. The van der Waals surface area contributed by atoms with Gasteiger partial charge in [0.2, 0.25) is 11.9 Å². The minimum atomic E-state index is 0.0873. The number of hydrogen-bond acceptors (Lipinski definition) is 6. The van der Waals surface area contributed by atoms with Gasteiger partial charge < -0.3 is 19.3 Å². The third-order valence-corrected chi connectivity index (χ3v) is 5.43. The van der Waals surface area contributed by atoms with Gasteiger partial charge in [-0.2, -0.15) is 0 Å². The quantitative estimate of drug-likeness (QED) is 0.799. The van der Waals surface area contributed by atoms with Crippen LogP contribution >= 0.6 is 0 Å². The van der Waals surface area contributed by atoms with Crippen LogP contribution in [0.5, 0.6) is 0 Å². The topological polar surface area (TPSA) is 67.8 Å². The zero-order chi connectivity index (χ0) is 17.1. The van der Waals surface area contributed by atoms with E-state index >= 15 is 0 Å². The lowest BCUT2D eigenvalue weighted by Crippen LogP contribution is -2.44. The van der Waals surface area contributed by atoms with Crippen molar-refractivity contribution in [3.8, 4) is 0 Å². The van der Waals surface area contributed by atoms with Crippen LogP contribution in [-0.2, 0) is 14.3 Å². The van der Waals surface area contributed by atoms with Crippen LogP contribution < -0.4 is 4.90 Å². The average Bonchev–Trinajstić information content (AvgIpc) is 3.32. The molecule has 0 N–H and O–H groups in total. The predicted molar refractivity (Wildman–Crippen MR) is 92.3 cm³/mol. The van der Waals surface area contributed by atoms with Gasteiger partial charge in [-0.25, -0.2) is 9.97 Å². The summed E-state index contributed by atoms with van der Waals surface area (Å²) >= 11 is 0. The third kappa shape index (κ3) is 3.77. The normalized spacial score (nSPS) is 29.0. The molecule has 0 aromatic carbocycles. The van der Waals surface area contributed by atoms with Gasteiger partial charge in [-0.3, -0.25) is 4.79 Å². The maximum absolute atomic E-state index is 12.0. The highest BCUT2D eigenvalue weighted by molar-refractivity contribution is 5.77. The molecule has 4 heterocycles. The Bertz CT molecular complexity index is 579. The lowest BCUT2D eigenvalue weighted by atomic mass is 9.99. The first-order chi connectivity index (χ1) is 12.3. The lowest BCUT2D eigenvalue weighted by Gasteiger charge is -2.35. The molecule has 136 valence electrons. The van der Waals surface area contributed by atoms with Crippen molar-refractivity contribution in [1.29, 1.82) is 0 Å². The number of rotatable bonds is 5. The standard InChI is InChI=1S/C18H26N4O3/c23-17(21-9-1-2-10-21)13-24-12-14-4-5-15-16(25-14)6-11-22(15)18-19-7-3-8-20-18/h3,7-8,14-16H,1-2,4-6,9-13H2/t14-,15+,16+/m0/s1. The van der Waals surface area contributed by atoms with Crippen LogP contribution in [0.2, 0.25) is 0 Å². The van der Waals surface area contributed by atoms with Gasteiger partial charge in [0.25, 0.3) is 0 Å². The van der Waals surface area contributed by atoms with Gasteiger partial charge >= 0.3 is 0 Å². The van der Waals surface area contributed by atoms with E-state index < -0.39 is 0 Å². The molecular formula is C18H26N4O3. The summed E-state index contributed by atoms with van der Waals surface area (Å²) in [5, 5.41) is 0. The molecule has 3 aliphatic rings. The predicted octanol–water partition coefficient (Wildman–Crippen LogP) is 1.24. The van der Waals surface area contributed by atoms with Crippen molar-refractivity contribution in [1.82, 2.24) is 14.9 Å². The van der Waals surface area contributed by atoms with Crippen molar-refractivity contribution in [3.63, 3.8) is 0 Å². The number of nitrogens with zero attached hydrogens (tertiary/aromatic N) is 4. The van der Waals surface area contributed by atoms with Crippen molar-refractivity contribution in [2.24, 2.45) is 0 Å². The van der Waals surface area contributed by atoms with E-state index in [1.807, 2.05) is 11.0 Å². The molecule has 7 nitrogen and oxygen atoms in total. The Morgan fingerprint density at radius 2 is 1.96 bits per heavy atom. The third-order valence-electron chi connectivity index (χ3n) is 5.43. The Morgan fingerprint density at radius 1 is 1.16 bits per heavy atom. The second-order valence-electron chi connectivity index (χ2n) is 7.08. The molecule has 1 aromatic heterocycles. The second kappa shape index (κ2) is 7.66. The second-order valence-corrected chi connectivity index (χ2v) is 7.08. The van der Waals surface area contributed by atoms with Crippen molar-refractivity contribution in [2.75, 3.05) is 37.7 Å². The summed E-state index contributed by atoms with van der Waals surface area (Å²) in [6.45, 7) is 3.37. The van der Waals surface area contributed by atoms with Crippen molar-refractivity contribution in [3.05, 3.63) is 18.5 Å². The summed E-state index contributed by atoms with van der Waals surface area (Å²) in [6.07, 6.45) is 9.08. The average molecular weight is 346 g/mol. The van der Waals surface area contributed by atoms with E-state index in [9.17, 15) is 4.79 Å². The zero-order valence-electron chi connectivity index (χ0n) is 14.5. The summed E-state index contributed by atoms with van der Waals surface area (Å²) in [5.74, 6) is 0.906. The number of carbonyl (C=O) groups is 1. The Kier molecular flexibility index (Phi) is 5.12. The smallest absolute Gasteiger partial charge is 0.248 e. The number of hydrogen-bond donors (Lipinski definition) is 0. The number of aromatic nitrogens is 2. The van der Waals surface area contributed by atoms with Crippen LogP contribution in [0, 0.1) is 0 Å². The maximum atomic E-state index is 12.0. The Morgan fingerprint density at radius 3 is 2.76 bits per heavy atom. The fourth-order valence-corrected chi connectivity index (χ4v) is 4.14. The van der Waals surface area contributed by atoms with Crippen LogP contribution in [0.25, 0.3) is 0 Å². The SMILES string of the molecule is O=C(COC[C@@H]1CC[C@@H]2[C@@H](CCN2c2ncccn2)O1)N1CCCC1. The molecule has 1 aromatic rings. The van der Waals surface area contributed by atoms with E-state index in [1.54, 1.807) is 12.4 Å². The Balaban J connectivity index is 1.23. The van der Waals surface area contributed by atoms with Gasteiger partial charge in [0.15, 0.2) is 0 Å². The molecule has 0 bridgehead atoms. The Labute approximate surface area is 148 Å². The number of likely N-dealkylation sites (tertiary alicyclic amines) is 1. The first kappa shape index (κ1) is 16.7. The van der Waals surface area contributed by atoms with Gasteiger partial charge in [0.1, 0.15) is 6.61 Å². The molecular weight excluding hydrogens is 320 g/mol. The molecule has 3 saturated heterocycles. The van der Waals surface area contributed by atoms with Gasteiger partial charge in [-0.15, -0.1) is 0 Å². The lowest BCUT2D eigenvalue weighted by molar-refractivity contribution is -0.138. The van der Waals surface area contributed by atoms with E-state index in [-0.39, 0.29) is 24.7 Å². The van der Waals surface area contributed by atoms with Gasteiger partial charge in [0.05, 0.1) is 24.9 Å². The molecule has 0 aliphatic carbocycles. The van der Waals surface area contributed by atoms with Gasteiger partial charge in [-0.05, 0) is 38.2 Å². The monoisotopic (exact) mass is 346 g/mol. The minimum absolute atomic E-state index is 0.0873. The fraction of sp³-hybridized carbons (Fsp3) is 0.722. The van der Waals surface area contributed by atoms with Crippen molar-refractivity contribution >= 4 is 11.9 Å². The van der Waals surface area contributed by atoms with E-state index in [0.29, 0.717) is 12.6 Å². The van der Waals surface area contributed by atoms with Crippen molar-refractivity contribution in [2.45, 2.75) is 50.4 Å². The van der Waals surface area contributed by atoms with Crippen LogP contribution in [0.1, 0.15) is 32.1 Å². The zero-order valence-corrected chi connectivity index (χ0v) is 14.5. The maximum Gasteiger partial charge on any atom is 0.248 e. The number of amides is 1. The minimum Gasteiger partial charge on any atom is -0.370 e. The van der Waals surface area contributed by atoms with E-state index in [4.69, 9.17) is 9.47 Å². The molecule has 0 spiro atoms. The van der Waals surface area contributed by atoms with E-state index in [1.165, 1.54) is 0 Å². The highest BCUT2D eigenvalue weighted by atomic mass is 16.5. The Hall–Kier alpha value is -1.73. The first-order valence-corrected chi connectivity index (χ1v) is 9.36. The number of fused-ring (bicyclic) bond motifs is 1. The van der Waals surface area contributed by atoms with Gasteiger partial charge in [0, 0.05) is 32.0 Å². The molecule has 3 aliphatic heterocycles. The highest BCUT2D eigenvalue weighted by Crippen LogP contribution is 2.33. The number of anilines is 1. The highest BCUT2D eigenvalue weighted by Gasteiger charge is 2.40. The molecule has 0 radical (unpaired) electrons. The summed E-state index contributed by atoms with van der Waals surface area (Å²) in [5.41, 5.74) is 0. The molecule has 0 unspecified atom stereocenters. The number of carbonyl (C=O) groups excluding carboxylic acids is 1. The van der Waals surface area contributed by atoms with Crippen molar-refractivity contribution < 1.29 is 14.3 Å². The molecule has 25 heavy (non-hydrogen) atoms. The fourth-order valence-electron chi connectivity index (χ4n) is 4.14. The first-order valence-electron chi connectivity index (χ1n) is 9.36. The van der Waals surface area contributed by atoms with Crippen LogP contribution in [0.4, 0.5) is 5.95 Å². The largest absolute Gasteiger partial charge is 0.370 e. The van der Waals surface area contributed by atoms with Crippen LogP contribution in [0.15, 0.2) is 18.5 Å². The van der Waals surface area contributed by atoms with E-state index in [2.05, 4.69) is 14.9 Å². The summed E-state index contributed by atoms with van der Waals surface area (Å²) in [6, 6.07) is 2.19. The summed E-state index contributed by atoms with van der Waals surface area (Å²) < 4.78 is 11.9. The van der Waals surface area contributed by atoms with Crippen LogP contribution in [-0.4, -0.2) is 71.9 Å². The van der Waals surface area contributed by atoms with Crippen LogP contribution in [0.3, 0.4) is 0 Å². The molecule has 4 rings (SSSR count). The summed E-state index contributed by atoms with van der Waals surface area (Å²) in [7, 11) is 0. The molecule has 0 saturated carbocycles. The molecule has 1 amide bonds. The number of ether oxygens (including phenoxy) is 2. The summed E-state index contributed by atoms with van der Waals surface area (Å²) in [4.78, 5) is 24.9. The molecule has 3 fully saturated rings.